The van der Waals surface area contributed by atoms with Gasteiger partial charge >= 0.3 is 0 Å². The number of nitrogens with zero attached hydrogens (tertiary/aromatic N) is 2. The van der Waals surface area contributed by atoms with Crippen LogP contribution in [0.3, 0.4) is 0 Å². The number of amides is 2. The predicted octanol–water partition coefficient (Wildman–Crippen LogP) is 4.08. The van der Waals surface area contributed by atoms with Crippen molar-refractivity contribution < 1.29 is 14.3 Å². The molecule has 1 N–H and O–H groups in total. The Kier molecular flexibility index (Phi) is 5.37. The van der Waals surface area contributed by atoms with Gasteiger partial charge in [0.2, 0.25) is 0 Å². The van der Waals surface area contributed by atoms with Crippen LogP contribution in [0.2, 0.25) is 0 Å². The number of rotatable bonds is 4. The first-order valence-electron chi connectivity index (χ1n) is 10.8. The van der Waals surface area contributed by atoms with Gasteiger partial charge in [-0.05, 0) is 42.8 Å². The summed E-state index contributed by atoms with van der Waals surface area (Å²) in [6, 6.07) is 27.0. The minimum absolute atomic E-state index is 0.0308. The molecule has 32 heavy (non-hydrogen) atoms. The number of ether oxygens (including phenoxy) is 1. The highest BCUT2D eigenvalue weighted by molar-refractivity contribution is 6.00. The molecule has 0 bridgehead atoms. The predicted molar refractivity (Wildman–Crippen MR) is 124 cm³/mol. The number of nitrogens with one attached hydrogen (secondary N) is 1. The molecule has 3 aromatic rings. The molecule has 5 rings (SSSR count). The molecule has 0 radical (unpaired) electrons. The molecule has 0 unspecified atom stereocenters. The van der Waals surface area contributed by atoms with Crippen molar-refractivity contribution >= 4 is 28.9 Å². The lowest BCUT2D eigenvalue weighted by Gasteiger charge is -2.40. The summed E-state index contributed by atoms with van der Waals surface area (Å²) >= 11 is 0. The van der Waals surface area contributed by atoms with Crippen molar-refractivity contribution in [1.82, 2.24) is 4.90 Å². The van der Waals surface area contributed by atoms with E-state index < -0.39 is 5.60 Å². The second-order valence-electron chi connectivity index (χ2n) is 8.30. The SMILES string of the molecule is O=C(c1ccccc1Nc1ccccc1)N1CC[C@@]2(C1)CN(c1ccccc1)C(=O)CO2. The van der Waals surface area contributed by atoms with Crippen LogP contribution in [0.5, 0.6) is 0 Å². The third-order valence-electron chi connectivity index (χ3n) is 6.13. The van der Waals surface area contributed by atoms with Crippen molar-refractivity contribution in [3.05, 3.63) is 90.5 Å². The van der Waals surface area contributed by atoms with Gasteiger partial charge in [0.15, 0.2) is 0 Å². The van der Waals surface area contributed by atoms with Crippen molar-refractivity contribution in [3.63, 3.8) is 0 Å². The van der Waals surface area contributed by atoms with Crippen molar-refractivity contribution in [2.24, 2.45) is 0 Å². The number of carbonyl (C=O) groups excluding carboxylic acids is 2. The van der Waals surface area contributed by atoms with E-state index in [-0.39, 0.29) is 18.4 Å². The van der Waals surface area contributed by atoms with Gasteiger partial charge in [-0.25, -0.2) is 0 Å². The van der Waals surface area contributed by atoms with E-state index in [1.807, 2.05) is 89.8 Å². The fraction of sp³-hybridized carbons (Fsp3) is 0.231. The van der Waals surface area contributed by atoms with Crippen LogP contribution in [0, 0.1) is 0 Å². The van der Waals surface area contributed by atoms with Gasteiger partial charge in [0, 0.05) is 17.9 Å². The summed E-state index contributed by atoms with van der Waals surface area (Å²) in [4.78, 5) is 29.6. The molecule has 0 aromatic heterocycles. The molecule has 2 aliphatic rings. The van der Waals surface area contributed by atoms with Gasteiger partial charge in [-0.3, -0.25) is 9.59 Å². The van der Waals surface area contributed by atoms with Gasteiger partial charge in [-0.1, -0.05) is 48.5 Å². The number of para-hydroxylation sites is 3. The number of benzene rings is 3. The topological polar surface area (TPSA) is 61.9 Å². The van der Waals surface area contributed by atoms with Crippen LogP contribution in [0.1, 0.15) is 16.8 Å². The molecule has 6 nitrogen and oxygen atoms in total. The average molecular weight is 428 g/mol. The Morgan fingerprint density at radius 3 is 2.34 bits per heavy atom. The molecule has 0 saturated carbocycles. The summed E-state index contributed by atoms with van der Waals surface area (Å²) in [5.41, 5.74) is 2.65. The number of hydrogen-bond donors (Lipinski definition) is 1. The molecule has 2 fully saturated rings. The van der Waals surface area contributed by atoms with E-state index in [0.29, 0.717) is 31.6 Å². The monoisotopic (exact) mass is 427 g/mol. The maximum Gasteiger partial charge on any atom is 0.256 e. The van der Waals surface area contributed by atoms with Crippen molar-refractivity contribution in [1.29, 1.82) is 0 Å². The first-order valence-corrected chi connectivity index (χ1v) is 10.8. The summed E-state index contributed by atoms with van der Waals surface area (Å²) < 4.78 is 6.03. The summed E-state index contributed by atoms with van der Waals surface area (Å²) in [7, 11) is 0. The van der Waals surface area contributed by atoms with Gasteiger partial charge in [0.25, 0.3) is 11.8 Å². The second-order valence-corrected chi connectivity index (χ2v) is 8.30. The average Bonchev–Trinajstić information content (AvgIpc) is 3.25. The zero-order chi connectivity index (χ0) is 22.0. The fourth-order valence-corrected chi connectivity index (χ4v) is 4.45. The molecule has 2 heterocycles. The maximum atomic E-state index is 13.4. The smallest absolute Gasteiger partial charge is 0.256 e. The van der Waals surface area contributed by atoms with E-state index in [9.17, 15) is 9.59 Å². The molecule has 2 saturated heterocycles. The van der Waals surface area contributed by atoms with E-state index in [1.165, 1.54) is 0 Å². The minimum Gasteiger partial charge on any atom is -0.361 e. The summed E-state index contributed by atoms with van der Waals surface area (Å²) in [5.74, 6) is -0.0864. The first kappa shape index (κ1) is 20.3. The fourth-order valence-electron chi connectivity index (χ4n) is 4.45. The number of carbonyl (C=O) groups is 2. The number of morpholine rings is 1. The molecule has 3 aromatic carbocycles. The molecule has 2 amide bonds. The number of anilines is 3. The van der Waals surface area contributed by atoms with Crippen LogP contribution in [0.25, 0.3) is 0 Å². The normalized spacial score (nSPS) is 20.6. The van der Waals surface area contributed by atoms with E-state index in [2.05, 4.69) is 5.32 Å². The Bertz CT molecular complexity index is 1120. The van der Waals surface area contributed by atoms with Gasteiger partial charge in [-0.2, -0.15) is 0 Å². The molecule has 0 aliphatic carbocycles. The highest BCUT2D eigenvalue weighted by Gasteiger charge is 2.46. The van der Waals surface area contributed by atoms with E-state index >= 15 is 0 Å². The van der Waals surface area contributed by atoms with Crippen LogP contribution >= 0.6 is 0 Å². The largest absolute Gasteiger partial charge is 0.361 e. The summed E-state index contributed by atoms with van der Waals surface area (Å²) in [6.07, 6.45) is 0.698. The molecule has 6 heteroatoms. The van der Waals surface area contributed by atoms with E-state index in [1.54, 1.807) is 4.90 Å². The summed E-state index contributed by atoms with van der Waals surface area (Å²) in [6.45, 7) is 1.53. The third-order valence-corrected chi connectivity index (χ3v) is 6.13. The lowest BCUT2D eigenvalue weighted by Crippen LogP contribution is -2.56. The maximum absolute atomic E-state index is 13.4. The van der Waals surface area contributed by atoms with Gasteiger partial charge in [0.05, 0.1) is 24.3 Å². The zero-order valence-electron chi connectivity index (χ0n) is 17.7. The van der Waals surface area contributed by atoms with Gasteiger partial charge in [-0.15, -0.1) is 0 Å². The molecule has 1 atom stereocenters. The third kappa shape index (κ3) is 3.97. The Morgan fingerprint density at radius 2 is 1.56 bits per heavy atom. The Morgan fingerprint density at radius 1 is 0.875 bits per heavy atom. The van der Waals surface area contributed by atoms with Gasteiger partial charge in [0.1, 0.15) is 12.2 Å². The minimum atomic E-state index is -0.540. The lowest BCUT2D eigenvalue weighted by atomic mass is 10.00. The molecule has 162 valence electrons. The Hall–Kier alpha value is -3.64. The quantitative estimate of drug-likeness (QED) is 0.682. The van der Waals surface area contributed by atoms with Crippen LogP contribution < -0.4 is 10.2 Å². The molecular weight excluding hydrogens is 402 g/mol. The molecule has 1 spiro atoms. The second kappa shape index (κ2) is 8.48. The summed E-state index contributed by atoms with van der Waals surface area (Å²) in [5, 5.41) is 3.35. The zero-order valence-corrected chi connectivity index (χ0v) is 17.7. The van der Waals surface area contributed by atoms with Crippen LogP contribution in [0.15, 0.2) is 84.9 Å². The molecular formula is C26H25N3O3. The molecule has 2 aliphatic heterocycles. The Labute approximate surface area is 187 Å². The van der Waals surface area contributed by atoms with Crippen molar-refractivity contribution in [2.75, 3.05) is 36.5 Å². The van der Waals surface area contributed by atoms with Crippen molar-refractivity contribution in [3.8, 4) is 0 Å². The van der Waals surface area contributed by atoms with E-state index in [4.69, 9.17) is 4.74 Å². The Balaban J connectivity index is 1.34. The highest BCUT2D eigenvalue weighted by atomic mass is 16.5. The highest BCUT2D eigenvalue weighted by Crippen LogP contribution is 2.33. The van der Waals surface area contributed by atoms with E-state index in [0.717, 1.165) is 17.1 Å². The van der Waals surface area contributed by atoms with Gasteiger partial charge < -0.3 is 19.9 Å². The first-order chi connectivity index (χ1) is 15.6. The van der Waals surface area contributed by atoms with Crippen LogP contribution in [0.4, 0.5) is 17.1 Å². The lowest BCUT2D eigenvalue weighted by molar-refractivity contribution is -0.137. The van der Waals surface area contributed by atoms with Crippen LogP contribution in [-0.2, 0) is 9.53 Å². The number of likely N-dealkylation sites (tertiary alicyclic amines) is 1. The standard InChI is InChI=1S/C26H25N3O3/c30-24-17-32-26(19-29(24)21-11-5-2-6-12-21)15-16-28(18-26)25(31)22-13-7-8-14-23(22)27-20-9-3-1-4-10-20/h1-14,27H,15-19H2/t26-/m1/s1. The van der Waals surface area contributed by atoms with Crippen molar-refractivity contribution in [2.45, 2.75) is 12.0 Å². The number of hydrogen-bond acceptors (Lipinski definition) is 4. The van der Waals surface area contributed by atoms with Crippen LogP contribution in [-0.4, -0.2) is 48.6 Å².